The van der Waals surface area contributed by atoms with Gasteiger partial charge in [-0.25, -0.2) is 9.59 Å². The molecule has 21 heavy (non-hydrogen) atoms. The van der Waals surface area contributed by atoms with Crippen LogP contribution in [0.1, 0.15) is 52.9 Å². The molecule has 2 unspecified atom stereocenters. The van der Waals surface area contributed by atoms with Crippen LogP contribution in [-0.4, -0.2) is 52.6 Å². The Labute approximate surface area is 127 Å². The number of likely N-dealkylation sites (tertiary alicyclic amines) is 2. The molecule has 0 aromatic rings. The number of carbonyl (C=O) groups is 2. The van der Waals surface area contributed by atoms with Crippen LogP contribution >= 0.6 is 0 Å². The highest BCUT2D eigenvalue weighted by atomic mass is 16.4. The first-order chi connectivity index (χ1) is 9.80. The van der Waals surface area contributed by atoms with E-state index in [0.717, 1.165) is 38.8 Å². The second kappa shape index (κ2) is 6.24. The van der Waals surface area contributed by atoms with Crippen molar-refractivity contribution in [3.05, 3.63) is 0 Å². The number of aliphatic carboxylic acids is 1. The Balaban J connectivity index is 1.99. The van der Waals surface area contributed by atoms with Gasteiger partial charge in [-0.2, -0.15) is 0 Å². The van der Waals surface area contributed by atoms with Gasteiger partial charge < -0.3 is 14.9 Å². The minimum Gasteiger partial charge on any atom is -0.480 e. The van der Waals surface area contributed by atoms with Gasteiger partial charge in [-0.05, 0) is 43.4 Å². The van der Waals surface area contributed by atoms with Gasteiger partial charge in [0.05, 0.1) is 0 Å². The molecule has 5 heteroatoms. The molecule has 2 atom stereocenters. The third-order valence-electron chi connectivity index (χ3n) is 5.01. The van der Waals surface area contributed by atoms with E-state index in [1.165, 1.54) is 0 Å². The fourth-order valence-corrected chi connectivity index (χ4v) is 3.59. The quantitative estimate of drug-likeness (QED) is 0.809. The van der Waals surface area contributed by atoms with Crippen LogP contribution in [0.5, 0.6) is 0 Å². The maximum absolute atomic E-state index is 12.6. The van der Waals surface area contributed by atoms with E-state index in [1.807, 2.05) is 4.90 Å². The first-order valence-electron chi connectivity index (χ1n) is 8.09. The van der Waals surface area contributed by atoms with Crippen LogP contribution in [0.2, 0.25) is 0 Å². The third-order valence-corrected chi connectivity index (χ3v) is 5.01. The van der Waals surface area contributed by atoms with E-state index >= 15 is 0 Å². The molecule has 0 saturated carbocycles. The Morgan fingerprint density at radius 3 is 2.29 bits per heavy atom. The van der Waals surface area contributed by atoms with E-state index in [-0.39, 0.29) is 11.4 Å². The average molecular weight is 296 g/mol. The fraction of sp³-hybridized carbons (Fsp3) is 0.875. The standard InChI is InChI=1S/C16H28N2O3/c1-16(2,3)12-6-4-9-17(11-8-12)15(21)18-10-5-7-13(18)14(19)20/h12-13H,4-11H2,1-3H3,(H,19,20). The van der Waals surface area contributed by atoms with Crippen molar-refractivity contribution in [1.82, 2.24) is 9.80 Å². The van der Waals surface area contributed by atoms with Gasteiger partial charge in [-0.3, -0.25) is 0 Å². The van der Waals surface area contributed by atoms with Crippen molar-refractivity contribution in [2.24, 2.45) is 11.3 Å². The summed E-state index contributed by atoms with van der Waals surface area (Å²) in [5.74, 6) is -0.243. The van der Waals surface area contributed by atoms with Gasteiger partial charge in [-0.15, -0.1) is 0 Å². The Kier molecular flexibility index (Phi) is 4.79. The number of carboxylic acid groups (broad SMARTS) is 1. The molecule has 1 N–H and O–H groups in total. The van der Waals surface area contributed by atoms with Crippen LogP contribution in [0, 0.1) is 11.3 Å². The van der Waals surface area contributed by atoms with Gasteiger partial charge in [0.1, 0.15) is 6.04 Å². The van der Waals surface area contributed by atoms with E-state index in [0.29, 0.717) is 18.9 Å². The molecule has 0 radical (unpaired) electrons. The molecule has 2 amide bonds. The Morgan fingerprint density at radius 2 is 1.67 bits per heavy atom. The summed E-state index contributed by atoms with van der Waals surface area (Å²) in [6.07, 6.45) is 4.55. The van der Waals surface area contributed by atoms with Crippen molar-refractivity contribution in [2.45, 2.75) is 58.9 Å². The van der Waals surface area contributed by atoms with Crippen LogP contribution in [0.3, 0.4) is 0 Å². The monoisotopic (exact) mass is 296 g/mol. The van der Waals surface area contributed by atoms with Gasteiger partial charge in [0.15, 0.2) is 0 Å². The summed E-state index contributed by atoms with van der Waals surface area (Å²) in [7, 11) is 0. The summed E-state index contributed by atoms with van der Waals surface area (Å²) in [5, 5.41) is 9.22. The summed E-state index contributed by atoms with van der Waals surface area (Å²) in [5.41, 5.74) is 0.274. The summed E-state index contributed by atoms with van der Waals surface area (Å²) in [4.78, 5) is 27.3. The highest BCUT2D eigenvalue weighted by Gasteiger charge is 2.37. The zero-order valence-electron chi connectivity index (χ0n) is 13.5. The summed E-state index contributed by atoms with van der Waals surface area (Å²) in [6.45, 7) is 8.87. The third kappa shape index (κ3) is 3.69. The second-order valence-corrected chi connectivity index (χ2v) is 7.45. The number of carbonyl (C=O) groups excluding carboxylic acids is 1. The number of urea groups is 1. The second-order valence-electron chi connectivity index (χ2n) is 7.45. The number of hydrogen-bond acceptors (Lipinski definition) is 2. The van der Waals surface area contributed by atoms with Gasteiger partial charge in [0, 0.05) is 19.6 Å². The molecule has 0 aromatic heterocycles. The Hall–Kier alpha value is -1.26. The lowest BCUT2D eigenvalue weighted by Gasteiger charge is -2.31. The number of nitrogens with zero attached hydrogens (tertiary/aromatic N) is 2. The molecule has 2 aliphatic rings. The number of hydrogen-bond donors (Lipinski definition) is 1. The first-order valence-corrected chi connectivity index (χ1v) is 8.09. The lowest BCUT2D eigenvalue weighted by molar-refractivity contribution is -0.141. The van der Waals surface area contributed by atoms with Gasteiger partial charge in [-0.1, -0.05) is 20.8 Å². The van der Waals surface area contributed by atoms with E-state index in [4.69, 9.17) is 0 Å². The zero-order valence-corrected chi connectivity index (χ0v) is 13.5. The van der Waals surface area contributed by atoms with Crippen molar-refractivity contribution in [3.8, 4) is 0 Å². The molecule has 2 rings (SSSR count). The van der Waals surface area contributed by atoms with Crippen LogP contribution in [0.4, 0.5) is 4.79 Å². The van der Waals surface area contributed by atoms with Crippen LogP contribution in [-0.2, 0) is 4.79 Å². The predicted molar refractivity (Wildman–Crippen MR) is 81.1 cm³/mol. The summed E-state index contributed by atoms with van der Waals surface area (Å²) < 4.78 is 0. The molecule has 0 aromatic carbocycles. The molecule has 2 aliphatic heterocycles. The van der Waals surface area contributed by atoms with Gasteiger partial charge in [0.2, 0.25) is 0 Å². The van der Waals surface area contributed by atoms with Crippen molar-refractivity contribution in [1.29, 1.82) is 0 Å². The van der Waals surface area contributed by atoms with E-state index in [1.54, 1.807) is 4.90 Å². The minimum atomic E-state index is -0.872. The lowest BCUT2D eigenvalue weighted by Crippen LogP contribution is -2.48. The van der Waals surface area contributed by atoms with Crippen LogP contribution in [0.25, 0.3) is 0 Å². The first kappa shape index (κ1) is 16.1. The Bertz CT molecular complexity index is 403. The summed E-state index contributed by atoms with van der Waals surface area (Å²) in [6, 6.07) is -0.700. The van der Waals surface area contributed by atoms with Gasteiger partial charge >= 0.3 is 12.0 Å². The largest absolute Gasteiger partial charge is 0.480 e. The molecule has 2 heterocycles. The normalized spacial score (nSPS) is 27.6. The molecule has 2 saturated heterocycles. The van der Waals surface area contributed by atoms with Crippen LogP contribution in [0.15, 0.2) is 0 Å². The molecule has 2 fully saturated rings. The Morgan fingerprint density at radius 1 is 1.00 bits per heavy atom. The van der Waals surface area contributed by atoms with Crippen molar-refractivity contribution >= 4 is 12.0 Å². The lowest BCUT2D eigenvalue weighted by atomic mass is 9.77. The molecule has 0 spiro atoms. The highest BCUT2D eigenvalue weighted by Crippen LogP contribution is 2.34. The molecular formula is C16H28N2O3. The van der Waals surface area contributed by atoms with Crippen LogP contribution < -0.4 is 0 Å². The number of amides is 2. The SMILES string of the molecule is CC(C)(C)C1CCCN(C(=O)N2CCCC2C(=O)O)CC1. The van der Waals surface area contributed by atoms with Crippen molar-refractivity contribution in [3.63, 3.8) is 0 Å². The molecule has 0 aliphatic carbocycles. The summed E-state index contributed by atoms with van der Waals surface area (Å²) >= 11 is 0. The van der Waals surface area contributed by atoms with Crippen molar-refractivity contribution in [2.75, 3.05) is 19.6 Å². The topological polar surface area (TPSA) is 60.9 Å². The van der Waals surface area contributed by atoms with E-state index in [9.17, 15) is 14.7 Å². The molecule has 0 bridgehead atoms. The number of rotatable bonds is 1. The van der Waals surface area contributed by atoms with Crippen molar-refractivity contribution < 1.29 is 14.7 Å². The predicted octanol–water partition coefficient (Wildman–Crippen LogP) is 2.80. The number of carboxylic acids is 1. The average Bonchev–Trinajstić information content (AvgIpc) is 2.73. The zero-order chi connectivity index (χ0) is 15.6. The molecule has 120 valence electrons. The van der Waals surface area contributed by atoms with E-state index < -0.39 is 12.0 Å². The maximum Gasteiger partial charge on any atom is 0.326 e. The maximum atomic E-state index is 12.6. The molecular weight excluding hydrogens is 268 g/mol. The van der Waals surface area contributed by atoms with E-state index in [2.05, 4.69) is 20.8 Å². The van der Waals surface area contributed by atoms with Gasteiger partial charge in [0.25, 0.3) is 0 Å². The fourth-order valence-electron chi connectivity index (χ4n) is 3.59. The highest BCUT2D eigenvalue weighted by molar-refractivity contribution is 5.83. The smallest absolute Gasteiger partial charge is 0.326 e. The molecule has 5 nitrogen and oxygen atoms in total. The minimum absolute atomic E-state index is 0.0746.